The van der Waals surface area contributed by atoms with E-state index in [1.165, 1.54) is 68.0 Å². The number of H-pyrrole nitrogens is 1. The normalized spacial score (nSPS) is 19.2. The van der Waals surface area contributed by atoms with Crippen LogP contribution in [0, 0.1) is 17.8 Å². The van der Waals surface area contributed by atoms with Crippen molar-refractivity contribution in [2.75, 3.05) is 0 Å². The van der Waals surface area contributed by atoms with Crippen LogP contribution in [0.4, 0.5) is 0 Å². The molecule has 3 rings (SSSR count). The van der Waals surface area contributed by atoms with E-state index in [0.717, 1.165) is 17.8 Å². The smallest absolute Gasteiger partial charge is 0.0458 e. The number of aromatic nitrogens is 1. The number of aromatic amines is 1. The molecule has 1 heterocycles. The molecule has 1 heteroatoms. The number of rotatable bonds is 7. The van der Waals surface area contributed by atoms with Gasteiger partial charge in [0.15, 0.2) is 0 Å². The van der Waals surface area contributed by atoms with Crippen LogP contribution in [0.3, 0.4) is 0 Å². The number of aryl methyl sites for hydroxylation is 1. The highest BCUT2D eigenvalue weighted by atomic mass is 14.7. The van der Waals surface area contributed by atoms with Gasteiger partial charge in [0, 0.05) is 16.6 Å². The molecule has 0 aliphatic heterocycles. The van der Waals surface area contributed by atoms with Gasteiger partial charge >= 0.3 is 0 Å². The minimum atomic E-state index is 0.862. The lowest BCUT2D eigenvalue weighted by molar-refractivity contribution is 0.353. The van der Waals surface area contributed by atoms with Gasteiger partial charge in [-0.25, -0.2) is 0 Å². The number of benzene rings is 1. The van der Waals surface area contributed by atoms with Gasteiger partial charge in [0.1, 0.15) is 0 Å². The quantitative estimate of drug-likeness (QED) is 0.599. The summed E-state index contributed by atoms with van der Waals surface area (Å²) in [4.78, 5) is 3.68. The Labute approximate surface area is 141 Å². The van der Waals surface area contributed by atoms with E-state index in [9.17, 15) is 0 Å². The van der Waals surface area contributed by atoms with Crippen LogP contribution in [0.2, 0.25) is 0 Å². The zero-order valence-corrected chi connectivity index (χ0v) is 15.2. The number of hydrogen-bond acceptors (Lipinski definition) is 0. The second-order valence-corrected chi connectivity index (χ2v) is 8.24. The summed E-state index contributed by atoms with van der Waals surface area (Å²) in [6, 6.07) is 8.81. The van der Waals surface area contributed by atoms with Crippen molar-refractivity contribution in [1.29, 1.82) is 0 Å². The molecule has 0 bridgehead atoms. The molecule has 0 amide bonds. The first kappa shape index (κ1) is 16.6. The summed E-state index contributed by atoms with van der Waals surface area (Å²) < 4.78 is 0. The van der Waals surface area contributed by atoms with Crippen molar-refractivity contribution in [1.82, 2.24) is 4.98 Å². The van der Waals surface area contributed by atoms with Crippen molar-refractivity contribution >= 4 is 10.9 Å². The van der Waals surface area contributed by atoms with E-state index in [4.69, 9.17) is 0 Å². The van der Waals surface area contributed by atoms with Gasteiger partial charge in [0.05, 0.1) is 0 Å². The van der Waals surface area contributed by atoms with Crippen LogP contribution in [-0.2, 0) is 12.8 Å². The number of para-hydroxylation sites is 1. The monoisotopic (exact) mass is 311 g/mol. The van der Waals surface area contributed by atoms with E-state index < -0.39 is 0 Å². The molecule has 1 aromatic carbocycles. The van der Waals surface area contributed by atoms with Gasteiger partial charge in [-0.15, -0.1) is 0 Å². The van der Waals surface area contributed by atoms with Gasteiger partial charge in [0.25, 0.3) is 0 Å². The van der Waals surface area contributed by atoms with E-state index in [0.29, 0.717) is 0 Å². The average molecular weight is 312 g/mol. The lowest BCUT2D eigenvalue weighted by atomic mass is 9.82. The van der Waals surface area contributed by atoms with Gasteiger partial charge in [-0.2, -0.15) is 0 Å². The Bertz CT molecular complexity index is 622. The van der Waals surface area contributed by atoms with Gasteiger partial charge in [0.2, 0.25) is 0 Å². The third kappa shape index (κ3) is 4.19. The molecule has 1 aromatic heterocycles. The maximum absolute atomic E-state index is 3.68. The van der Waals surface area contributed by atoms with Crippen LogP contribution in [0.5, 0.6) is 0 Å². The summed E-state index contributed by atoms with van der Waals surface area (Å²) in [7, 11) is 0. The molecule has 1 aliphatic rings. The molecule has 0 fully saturated rings. The van der Waals surface area contributed by atoms with Crippen molar-refractivity contribution in [2.24, 2.45) is 17.8 Å². The van der Waals surface area contributed by atoms with Crippen molar-refractivity contribution in [3.05, 3.63) is 35.5 Å². The summed E-state index contributed by atoms with van der Waals surface area (Å²) in [5.41, 5.74) is 4.46. The summed E-state index contributed by atoms with van der Waals surface area (Å²) in [5, 5.41) is 1.46. The Morgan fingerprint density at radius 3 is 2.74 bits per heavy atom. The molecule has 0 saturated heterocycles. The van der Waals surface area contributed by atoms with Crippen LogP contribution in [0.15, 0.2) is 24.3 Å². The standard InChI is InChI=1S/C22H33N/c1-16(2)7-6-8-17(3)11-12-18-13-14-20-19-9-4-5-10-21(19)23-22(20)15-18/h4-5,9-10,16-18,23H,6-8,11-15H2,1-3H3. The van der Waals surface area contributed by atoms with Gasteiger partial charge in [-0.3, -0.25) is 0 Å². The maximum Gasteiger partial charge on any atom is 0.0458 e. The number of fused-ring (bicyclic) bond motifs is 3. The molecule has 0 spiro atoms. The highest BCUT2D eigenvalue weighted by Gasteiger charge is 2.22. The highest BCUT2D eigenvalue weighted by molar-refractivity contribution is 5.84. The molecule has 2 aromatic rings. The maximum atomic E-state index is 3.68. The van der Waals surface area contributed by atoms with Crippen LogP contribution in [0.25, 0.3) is 10.9 Å². The molecule has 23 heavy (non-hydrogen) atoms. The molecule has 1 N–H and O–H groups in total. The summed E-state index contributed by atoms with van der Waals surface area (Å²) in [6.45, 7) is 7.13. The van der Waals surface area contributed by atoms with E-state index in [1.807, 2.05) is 0 Å². The first-order valence-corrected chi connectivity index (χ1v) is 9.72. The summed E-state index contributed by atoms with van der Waals surface area (Å²) in [6.07, 6.45) is 11.0. The third-order valence-electron chi connectivity index (χ3n) is 5.74. The summed E-state index contributed by atoms with van der Waals surface area (Å²) >= 11 is 0. The topological polar surface area (TPSA) is 15.8 Å². The van der Waals surface area contributed by atoms with Crippen LogP contribution in [-0.4, -0.2) is 4.98 Å². The predicted molar refractivity (Wildman–Crippen MR) is 101 cm³/mol. The lowest BCUT2D eigenvalue weighted by Gasteiger charge is -2.24. The van der Waals surface area contributed by atoms with Gasteiger partial charge in [-0.05, 0) is 55.1 Å². The Morgan fingerprint density at radius 1 is 1.09 bits per heavy atom. The lowest BCUT2D eigenvalue weighted by Crippen LogP contribution is -2.14. The van der Waals surface area contributed by atoms with Crippen molar-refractivity contribution in [2.45, 2.75) is 72.1 Å². The Morgan fingerprint density at radius 2 is 1.91 bits per heavy atom. The molecule has 126 valence electrons. The predicted octanol–water partition coefficient (Wildman–Crippen LogP) is 6.52. The number of hydrogen-bond donors (Lipinski definition) is 1. The zero-order chi connectivity index (χ0) is 16.2. The summed E-state index contributed by atoms with van der Waals surface area (Å²) in [5.74, 6) is 2.65. The van der Waals surface area contributed by atoms with Gasteiger partial charge in [-0.1, -0.05) is 64.7 Å². The first-order valence-electron chi connectivity index (χ1n) is 9.72. The van der Waals surface area contributed by atoms with Crippen LogP contribution < -0.4 is 0 Å². The van der Waals surface area contributed by atoms with Crippen molar-refractivity contribution in [3.63, 3.8) is 0 Å². The van der Waals surface area contributed by atoms with Crippen molar-refractivity contribution in [3.8, 4) is 0 Å². The second kappa shape index (κ2) is 7.55. The fourth-order valence-electron chi connectivity index (χ4n) is 4.24. The molecule has 0 radical (unpaired) electrons. The average Bonchev–Trinajstić information content (AvgIpc) is 2.90. The second-order valence-electron chi connectivity index (χ2n) is 8.24. The van der Waals surface area contributed by atoms with Crippen LogP contribution >= 0.6 is 0 Å². The third-order valence-corrected chi connectivity index (χ3v) is 5.74. The SMILES string of the molecule is CC(C)CCCC(C)CCC1CCc2c([nH]c3ccccc23)C1. The Balaban J connectivity index is 1.50. The van der Waals surface area contributed by atoms with E-state index in [2.05, 4.69) is 50.0 Å². The Hall–Kier alpha value is -1.24. The minimum Gasteiger partial charge on any atom is -0.358 e. The van der Waals surface area contributed by atoms with Gasteiger partial charge < -0.3 is 4.98 Å². The molecule has 0 saturated carbocycles. The molecule has 2 unspecified atom stereocenters. The van der Waals surface area contributed by atoms with Crippen LogP contribution in [0.1, 0.15) is 70.6 Å². The zero-order valence-electron chi connectivity index (χ0n) is 15.2. The number of nitrogens with one attached hydrogen (secondary N) is 1. The fourth-order valence-corrected chi connectivity index (χ4v) is 4.24. The molecular formula is C22H33N. The molecule has 2 atom stereocenters. The fraction of sp³-hybridized carbons (Fsp3) is 0.636. The highest BCUT2D eigenvalue weighted by Crippen LogP contribution is 2.34. The molecular weight excluding hydrogens is 278 g/mol. The minimum absolute atomic E-state index is 0.862. The van der Waals surface area contributed by atoms with Crippen molar-refractivity contribution < 1.29 is 0 Å². The van der Waals surface area contributed by atoms with E-state index in [-0.39, 0.29) is 0 Å². The largest absolute Gasteiger partial charge is 0.358 e. The first-order chi connectivity index (χ1) is 11.1. The van der Waals surface area contributed by atoms with E-state index >= 15 is 0 Å². The van der Waals surface area contributed by atoms with E-state index in [1.54, 1.807) is 5.56 Å². The molecule has 1 aliphatic carbocycles. The Kier molecular flexibility index (Phi) is 5.46. The molecule has 1 nitrogen and oxygen atoms in total.